The molecule has 0 amide bonds. The Hall–Kier alpha value is -3.00. The van der Waals surface area contributed by atoms with Gasteiger partial charge in [0.25, 0.3) is 0 Å². The van der Waals surface area contributed by atoms with Gasteiger partial charge in [-0.15, -0.1) is 0 Å². The van der Waals surface area contributed by atoms with Crippen LogP contribution in [0.2, 0.25) is 0 Å². The lowest BCUT2D eigenvalue weighted by Crippen LogP contribution is -2.07. The zero-order valence-electron chi connectivity index (χ0n) is 17.0. The number of hydrogen-bond donors (Lipinski definition) is 0. The molecule has 0 bridgehead atoms. The number of hydrogen-bond acceptors (Lipinski definition) is 7. The maximum absolute atomic E-state index is 12.5. The molecule has 160 valence electrons. The van der Waals surface area contributed by atoms with Crippen LogP contribution >= 0.6 is 0 Å². The third-order valence-electron chi connectivity index (χ3n) is 4.27. The molecule has 0 fully saturated rings. The first-order valence-electron chi connectivity index (χ1n) is 9.62. The van der Waals surface area contributed by atoms with Crippen LogP contribution < -0.4 is 4.74 Å². The molecular weight excluding hydrogens is 404 g/mol. The normalized spacial score (nSPS) is 11.4. The number of benzene rings is 2. The van der Waals surface area contributed by atoms with E-state index in [0.717, 1.165) is 24.7 Å². The van der Waals surface area contributed by atoms with Gasteiger partial charge >= 0.3 is 5.97 Å². The van der Waals surface area contributed by atoms with Gasteiger partial charge in [-0.3, -0.25) is 0 Å². The lowest BCUT2D eigenvalue weighted by Gasteiger charge is -2.05. The summed E-state index contributed by atoms with van der Waals surface area (Å²) in [6.45, 7) is 3.65. The minimum absolute atomic E-state index is 0.0756. The zero-order chi connectivity index (χ0) is 21.8. The fraction of sp³-hybridized carbons (Fsp3) is 0.318. The number of nitrogens with zero attached hydrogens (tertiary/aromatic N) is 2. The quantitative estimate of drug-likeness (QED) is 0.200. The fourth-order valence-electron chi connectivity index (χ4n) is 2.58. The highest BCUT2D eigenvalue weighted by atomic mass is 32.2. The van der Waals surface area contributed by atoms with Gasteiger partial charge in [-0.2, -0.15) is 10.2 Å². The maximum atomic E-state index is 12.5. The number of ether oxygens (including phenoxy) is 2. The van der Waals surface area contributed by atoms with Crippen molar-refractivity contribution in [3.63, 3.8) is 0 Å². The minimum atomic E-state index is -3.35. The van der Waals surface area contributed by atoms with Crippen LogP contribution in [0.4, 0.5) is 11.4 Å². The first-order chi connectivity index (χ1) is 14.4. The molecule has 0 aliphatic heterocycles. The summed E-state index contributed by atoms with van der Waals surface area (Å²) in [4.78, 5) is 11.2. The molecule has 0 aliphatic rings. The Labute approximate surface area is 177 Å². The number of sulfone groups is 1. The molecule has 0 N–H and O–H groups in total. The van der Waals surface area contributed by atoms with E-state index >= 15 is 0 Å². The van der Waals surface area contributed by atoms with E-state index in [1.165, 1.54) is 0 Å². The van der Waals surface area contributed by atoms with Crippen molar-refractivity contribution in [1.29, 1.82) is 0 Å². The summed E-state index contributed by atoms with van der Waals surface area (Å²) in [5.74, 6) is 0.371. The van der Waals surface area contributed by atoms with Gasteiger partial charge in [0.15, 0.2) is 9.84 Å². The van der Waals surface area contributed by atoms with E-state index in [1.54, 1.807) is 55.6 Å². The standard InChI is InChI=1S/C22H26N2O5S/c1-3-22(25)29-16-6-4-5-7-17-30(26,27)21-14-10-19(11-15-21)24-23-18-8-12-20(28-2)13-9-18/h3,8-15H,1,4-7,16-17H2,2H3/b24-23+. The summed E-state index contributed by atoms with van der Waals surface area (Å²) in [6.07, 6.45) is 3.92. The SMILES string of the molecule is C=CC(=O)OCCCCCCS(=O)(=O)c1ccc(/N=N/c2ccc(OC)cc2)cc1. The van der Waals surface area contributed by atoms with Crippen LogP contribution in [0.3, 0.4) is 0 Å². The second-order valence-electron chi connectivity index (χ2n) is 6.50. The molecule has 0 aliphatic carbocycles. The number of rotatable bonds is 12. The highest BCUT2D eigenvalue weighted by molar-refractivity contribution is 7.91. The van der Waals surface area contributed by atoms with E-state index < -0.39 is 15.8 Å². The van der Waals surface area contributed by atoms with Gasteiger partial charge in [-0.25, -0.2) is 13.2 Å². The third-order valence-corrected chi connectivity index (χ3v) is 6.08. The Morgan fingerprint density at radius 2 is 1.50 bits per heavy atom. The molecular formula is C22H26N2O5S. The second kappa shape index (κ2) is 11.9. The van der Waals surface area contributed by atoms with E-state index in [4.69, 9.17) is 9.47 Å². The monoisotopic (exact) mass is 430 g/mol. The Kier molecular flexibility index (Phi) is 9.21. The lowest BCUT2D eigenvalue weighted by atomic mass is 10.2. The molecule has 8 heteroatoms. The van der Waals surface area contributed by atoms with Crippen LogP contribution in [0.25, 0.3) is 0 Å². The van der Waals surface area contributed by atoms with Crippen molar-refractivity contribution in [2.45, 2.75) is 30.6 Å². The van der Waals surface area contributed by atoms with Gasteiger partial charge in [-0.1, -0.05) is 19.4 Å². The third kappa shape index (κ3) is 7.79. The number of unbranched alkanes of at least 4 members (excludes halogenated alkanes) is 3. The maximum Gasteiger partial charge on any atom is 0.330 e. The van der Waals surface area contributed by atoms with E-state index in [9.17, 15) is 13.2 Å². The molecule has 2 aromatic rings. The van der Waals surface area contributed by atoms with Crippen molar-refractivity contribution < 1.29 is 22.7 Å². The van der Waals surface area contributed by atoms with Crippen molar-refractivity contribution in [2.75, 3.05) is 19.5 Å². The Morgan fingerprint density at radius 3 is 2.07 bits per heavy atom. The molecule has 0 aromatic heterocycles. The summed E-state index contributed by atoms with van der Waals surface area (Å²) in [6, 6.07) is 13.5. The lowest BCUT2D eigenvalue weighted by molar-refractivity contribution is -0.137. The van der Waals surface area contributed by atoms with Crippen molar-refractivity contribution >= 4 is 27.2 Å². The number of methoxy groups -OCH3 is 1. The minimum Gasteiger partial charge on any atom is -0.497 e. The second-order valence-corrected chi connectivity index (χ2v) is 8.61. The predicted molar refractivity (Wildman–Crippen MR) is 115 cm³/mol. The number of carbonyl (C=O) groups excluding carboxylic acids is 1. The number of esters is 1. The highest BCUT2D eigenvalue weighted by Crippen LogP contribution is 2.23. The van der Waals surface area contributed by atoms with Crippen LogP contribution in [0.1, 0.15) is 25.7 Å². The summed E-state index contributed by atoms with van der Waals surface area (Å²) in [5.41, 5.74) is 1.24. The van der Waals surface area contributed by atoms with Crippen LogP contribution in [0.5, 0.6) is 5.75 Å². The predicted octanol–water partition coefficient (Wildman–Crippen LogP) is 5.17. The molecule has 0 saturated heterocycles. The zero-order valence-corrected chi connectivity index (χ0v) is 17.8. The number of azo groups is 1. The highest BCUT2D eigenvalue weighted by Gasteiger charge is 2.13. The number of carbonyl (C=O) groups is 1. The van der Waals surface area contributed by atoms with E-state index in [2.05, 4.69) is 16.8 Å². The Balaban J connectivity index is 1.80. The first-order valence-corrected chi connectivity index (χ1v) is 11.3. The van der Waals surface area contributed by atoms with Gasteiger partial charge in [0, 0.05) is 6.08 Å². The molecule has 0 unspecified atom stereocenters. The van der Waals surface area contributed by atoms with E-state index in [-0.39, 0.29) is 10.6 Å². The van der Waals surface area contributed by atoms with Gasteiger partial charge < -0.3 is 9.47 Å². The summed E-state index contributed by atoms with van der Waals surface area (Å²) < 4.78 is 34.9. The van der Waals surface area contributed by atoms with E-state index in [0.29, 0.717) is 30.8 Å². The first kappa shape index (κ1) is 23.3. The van der Waals surface area contributed by atoms with Crippen LogP contribution in [-0.2, 0) is 19.4 Å². The molecule has 2 rings (SSSR count). The average molecular weight is 431 g/mol. The molecule has 0 radical (unpaired) electrons. The van der Waals surface area contributed by atoms with Crippen LogP contribution in [0, 0.1) is 0 Å². The fourth-order valence-corrected chi connectivity index (χ4v) is 3.95. The topological polar surface area (TPSA) is 94.4 Å². The summed E-state index contributed by atoms with van der Waals surface area (Å²) >= 11 is 0. The van der Waals surface area contributed by atoms with Gasteiger partial charge in [0.05, 0.1) is 35.7 Å². The Bertz CT molecular complexity index is 952. The average Bonchev–Trinajstić information content (AvgIpc) is 2.77. The van der Waals surface area contributed by atoms with Gasteiger partial charge in [0.2, 0.25) is 0 Å². The van der Waals surface area contributed by atoms with Crippen molar-refractivity contribution in [1.82, 2.24) is 0 Å². The van der Waals surface area contributed by atoms with Crippen molar-refractivity contribution in [3.8, 4) is 5.75 Å². The molecule has 2 aromatic carbocycles. The molecule has 0 atom stereocenters. The molecule has 0 saturated carbocycles. The molecule has 0 heterocycles. The summed E-state index contributed by atoms with van der Waals surface area (Å²) in [5, 5.41) is 8.25. The van der Waals surface area contributed by atoms with Gasteiger partial charge in [0.1, 0.15) is 5.75 Å². The van der Waals surface area contributed by atoms with E-state index in [1.807, 2.05) is 0 Å². The Morgan fingerprint density at radius 1 is 0.933 bits per heavy atom. The van der Waals surface area contributed by atoms with Gasteiger partial charge in [-0.05, 0) is 61.4 Å². The largest absolute Gasteiger partial charge is 0.497 e. The smallest absolute Gasteiger partial charge is 0.330 e. The molecule has 0 spiro atoms. The van der Waals surface area contributed by atoms with Crippen molar-refractivity contribution in [3.05, 3.63) is 61.2 Å². The van der Waals surface area contributed by atoms with Crippen LogP contribution in [0.15, 0.2) is 76.3 Å². The molecule has 7 nitrogen and oxygen atoms in total. The summed E-state index contributed by atoms with van der Waals surface area (Å²) in [7, 11) is -1.75. The van der Waals surface area contributed by atoms with Crippen LogP contribution in [-0.4, -0.2) is 33.9 Å². The van der Waals surface area contributed by atoms with Crippen molar-refractivity contribution in [2.24, 2.45) is 10.2 Å². The molecule has 30 heavy (non-hydrogen) atoms.